The van der Waals surface area contributed by atoms with Crippen LogP contribution in [0.25, 0.3) is 0 Å². The molecule has 0 bridgehead atoms. The van der Waals surface area contributed by atoms with E-state index in [1.165, 1.54) is 10.6 Å². The van der Waals surface area contributed by atoms with Gasteiger partial charge in [-0.25, -0.2) is 8.42 Å². The van der Waals surface area contributed by atoms with Crippen molar-refractivity contribution < 1.29 is 17.6 Å². The summed E-state index contributed by atoms with van der Waals surface area (Å²) in [4.78, 5) is 12.6. The third-order valence-electron chi connectivity index (χ3n) is 3.87. The molecule has 1 fully saturated rings. The maximum Gasteiger partial charge on any atom is 0.243 e. The minimum absolute atomic E-state index is 0.214. The molecule has 1 N–H and O–H groups in total. The zero-order valence-electron chi connectivity index (χ0n) is 12.5. The van der Waals surface area contributed by atoms with Gasteiger partial charge in [-0.2, -0.15) is 4.31 Å². The van der Waals surface area contributed by atoms with Crippen LogP contribution in [0.3, 0.4) is 0 Å². The summed E-state index contributed by atoms with van der Waals surface area (Å²) >= 11 is 0. The standard InChI is InChI=1S/C16H18N2O4S/c19-16(17-12-13-6-5-11-22-13)15-9-4-10-18(15)23(20,21)14-7-2-1-3-8-14/h1-3,5-8,11,15H,4,9-10,12H2,(H,17,19)/t15-/m1/s1. The van der Waals surface area contributed by atoms with Gasteiger partial charge in [0.15, 0.2) is 0 Å². The van der Waals surface area contributed by atoms with E-state index >= 15 is 0 Å². The Labute approximate surface area is 135 Å². The Balaban J connectivity index is 1.73. The fraction of sp³-hybridized carbons (Fsp3) is 0.312. The van der Waals surface area contributed by atoms with Crippen molar-refractivity contribution in [2.75, 3.05) is 6.54 Å². The lowest BCUT2D eigenvalue weighted by Crippen LogP contribution is -2.45. The van der Waals surface area contributed by atoms with Crippen LogP contribution >= 0.6 is 0 Å². The van der Waals surface area contributed by atoms with Crippen molar-refractivity contribution in [3.8, 4) is 0 Å². The van der Waals surface area contributed by atoms with Gasteiger partial charge in [0.25, 0.3) is 0 Å². The fourth-order valence-corrected chi connectivity index (χ4v) is 4.40. The number of benzene rings is 1. The first kappa shape index (κ1) is 15.8. The van der Waals surface area contributed by atoms with Gasteiger partial charge in [-0.05, 0) is 37.1 Å². The highest BCUT2D eigenvalue weighted by atomic mass is 32.2. The number of carbonyl (C=O) groups excluding carboxylic acids is 1. The van der Waals surface area contributed by atoms with E-state index in [9.17, 15) is 13.2 Å². The molecule has 6 nitrogen and oxygen atoms in total. The molecule has 7 heteroatoms. The molecule has 1 aliphatic heterocycles. The summed E-state index contributed by atoms with van der Waals surface area (Å²) in [5.41, 5.74) is 0. The molecule has 23 heavy (non-hydrogen) atoms. The van der Waals surface area contributed by atoms with E-state index in [0.717, 1.165) is 0 Å². The number of nitrogens with zero attached hydrogens (tertiary/aromatic N) is 1. The lowest BCUT2D eigenvalue weighted by molar-refractivity contribution is -0.124. The summed E-state index contributed by atoms with van der Waals surface area (Å²) in [7, 11) is -3.66. The van der Waals surface area contributed by atoms with Gasteiger partial charge in [0.05, 0.1) is 17.7 Å². The summed E-state index contributed by atoms with van der Waals surface area (Å²) in [5, 5.41) is 2.74. The lowest BCUT2D eigenvalue weighted by atomic mass is 10.2. The highest BCUT2D eigenvalue weighted by Crippen LogP contribution is 2.26. The van der Waals surface area contributed by atoms with Crippen molar-refractivity contribution in [3.63, 3.8) is 0 Å². The molecule has 0 radical (unpaired) electrons. The number of furan rings is 1. The molecule has 2 heterocycles. The quantitative estimate of drug-likeness (QED) is 0.903. The zero-order valence-corrected chi connectivity index (χ0v) is 13.3. The predicted octanol–water partition coefficient (Wildman–Crippen LogP) is 1.75. The van der Waals surface area contributed by atoms with Crippen LogP contribution < -0.4 is 5.32 Å². The third-order valence-corrected chi connectivity index (χ3v) is 5.80. The largest absolute Gasteiger partial charge is 0.467 e. The number of sulfonamides is 1. The maximum absolute atomic E-state index is 12.7. The van der Waals surface area contributed by atoms with Crippen LogP contribution in [0.1, 0.15) is 18.6 Å². The van der Waals surface area contributed by atoms with Crippen LogP contribution in [0.15, 0.2) is 58.0 Å². The zero-order chi connectivity index (χ0) is 16.3. The van der Waals surface area contributed by atoms with Crippen molar-refractivity contribution in [1.29, 1.82) is 0 Å². The van der Waals surface area contributed by atoms with Gasteiger partial charge in [-0.15, -0.1) is 0 Å². The van der Waals surface area contributed by atoms with Crippen molar-refractivity contribution >= 4 is 15.9 Å². The van der Waals surface area contributed by atoms with Gasteiger partial charge in [0.2, 0.25) is 15.9 Å². The lowest BCUT2D eigenvalue weighted by Gasteiger charge is -2.23. The van der Waals surface area contributed by atoms with Gasteiger partial charge in [-0.1, -0.05) is 18.2 Å². The van der Waals surface area contributed by atoms with Crippen LogP contribution in [-0.2, 0) is 21.4 Å². The summed E-state index contributed by atoms with van der Waals surface area (Å²) in [6.07, 6.45) is 2.73. The molecule has 1 atom stereocenters. The molecule has 0 unspecified atom stereocenters. The van der Waals surface area contributed by atoms with Crippen LogP contribution in [0.5, 0.6) is 0 Å². The van der Waals surface area contributed by atoms with Crippen LogP contribution in [-0.4, -0.2) is 31.2 Å². The Morgan fingerprint density at radius 1 is 1.22 bits per heavy atom. The fourth-order valence-electron chi connectivity index (χ4n) is 2.72. The second-order valence-corrected chi connectivity index (χ2v) is 7.27. The molecule has 0 aliphatic carbocycles. The molecule has 1 saturated heterocycles. The van der Waals surface area contributed by atoms with Gasteiger partial charge in [0, 0.05) is 6.54 Å². The van der Waals surface area contributed by atoms with Crippen LogP contribution in [0, 0.1) is 0 Å². The van der Waals surface area contributed by atoms with Crippen LogP contribution in [0.2, 0.25) is 0 Å². The van der Waals surface area contributed by atoms with Crippen LogP contribution in [0.4, 0.5) is 0 Å². The topological polar surface area (TPSA) is 79.6 Å². The molecule has 0 spiro atoms. The summed E-state index contributed by atoms with van der Waals surface area (Å²) in [6, 6.07) is 11.0. The predicted molar refractivity (Wildman–Crippen MR) is 83.9 cm³/mol. The maximum atomic E-state index is 12.7. The first-order valence-corrected chi connectivity index (χ1v) is 8.90. The molecule has 2 aromatic rings. The molecule has 122 valence electrons. The van der Waals surface area contributed by atoms with Gasteiger partial charge in [-0.3, -0.25) is 4.79 Å². The number of hydrogen-bond acceptors (Lipinski definition) is 4. The number of carbonyl (C=O) groups is 1. The SMILES string of the molecule is O=C(NCc1ccco1)[C@H]1CCCN1S(=O)(=O)c1ccccc1. The van der Waals surface area contributed by atoms with Gasteiger partial charge >= 0.3 is 0 Å². The van der Waals surface area contributed by atoms with Crippen molar-refractivity contribution in [3.05, 3.63) is 54.5 Å². The van der Waals surface area contributed by atoms with E-state index in [1.807, 2.05) is 0 Å². The number of rotatable bonds is 5. The molecule has 0 saturated carbocycles. The molecule has 3 rings (SSSR count). The number of nitrogens with one attached hydrogen (secondary N) is 1. The Hall–Kier alpha value is -2.12. The normalized spacial score (nSPS) is 18.9. The monoisotopic (exact) mass is 334 g/mol. The first-order valence-electron chi connectivity index (χ1n) is 7.46. The summed E-state index contributed by atoms with van der Waals surface area (Å²) in [5.74, 6) is 0.340. The van der Waals surface area contributed by atoms with E-state index in [0.29, 0.717) is 25.1 Å². The van der Waals surface area contributed by atoms with Gasteiger partial charge < -0.3 is 9.73 Å². The molecule has 1 aliphatic rings. The van der Waals surface area contributed by atoms with E-state index in [1.54, 1.807) is 42.5 Å². The Bertz CT molecular complexity index is 757. The minimum Gasteiger partial charge on any atom is -0.467 e. The van der Waals surface area contributed by atoms with E-state index in [2.05, 4.69) is 5.32 Å². The highest BCUT2D eigenvalue weighted by Gasteiger charge is 2.39. The van der Waals surface area contributed by atoms with Crippen molar-refractivity contribution in [1.82, 2.24) is 9.62 Å². The highest BCUT2D eigenvalue weighted by molar-refractivity contribution is 7.89. The Morgan fingerprint density at radius 2 is 2.00 bits per heavy atom. The van der Waals surface area contributed by atoms with Gasteiger partial charge in [0.1, 0.15) is 11.8 Å². The minimum atomic E-state index is -3.66. The van der Waals surface area contributed by atoms with E-state index in [-0.39, 0.29) is 17.3 Å². The summed E-state index contributed by atoms with van der Waals surface area (Å²) in [6.45, 7) is 0.609. The molecule has 1 aromatic heterocycles. The molecule has 1 aromatic carbocycles. The van der Waals surface area contributed by atoms with E-state index in [4.69, 9.17) is 4.42 Å². The number of hydrogen-bond donors (Lipinski definition) is 1. The Kier molecular flexibility index (Phi) is 4.49. The smallest absolute Gasteiger partial charge is 0.243 e. The van der Waals surface area contributed by atoms with Crippen molar-refractivity contribution in [2.24, 2.45) is 0 Å². The third kappa shape index (κ3) is 3.30. The average molecular weight is 334 g/mol. The van der Waals surface area contributed by atoms with E-state index < -0.39 is 16.1 Å². The first-order chi connectivity index (χ1) is 11.1. The second-order valence-electron chi connectivity index (χ2n) is 5.38. The van der Waals surface area contributed by atoms with Crippen molar-refractivity contribution in [2.45, 2.75) is 30.3 Å². The average Bonchev–Trinajstić information content (AvgIpc) is 3.25. The molecular formula is C16H18N2O4S. The second kappa shape index (κ2) is 6.55. The molecule has 1 amide bonds. The Morgan fingerprint density at radius 3 is 2.70 bits per heavy atom. The molecular weight excluding hydrogens is 316 g/mol. The number of amides is 1. The summed E-state index contributed by atoms with van der Waals surface area (Å²) < 4.78 is 31.9.